The second kappa shape index (κ2) is 2.42. The molecule has 54 valence electrons. The minimum atomic E-state index is -3.69. The summed E-state index contributed by atoms with van der Waals surface area (Å²) in [6, 6.07) is 0. The van der Waals surface area contributed by atoms with Crippen molar-refractivity contribution in [1.29, 1.82) is 0 Å². The highest BCUT2D eigenvalue weighted by Crippen LogP contribution is 2.12. The molecule has 0 bridgehead atoms. The molecule has 1 heterocycles. The number of hydrogen-bond acceptors (Lipinski definition) is 4. The molecule has 9 heavy (non-hydrogen) atoms. The van der Waals surface area contributed by atoms with E-state index in [9.17, 15) is 8.42 Å². The van der Waals surface area contributed by atoms with Gasteiger partial charge >= 0.3 is 10.4 Å². The van der Waals surface area contributed by atoms with Gasteiger partial charge in [0.25, 0.3) is 0 Å². The van der Waals surface area contributed by atoms with Gasteiger partial charge in [-0.2, -0.15) is 8.42 Å². The standard InChI is InChI=1S/C3H5ClO4S/c4-1-3-2-7-9(5,6)8-3/h3H,1-2H2/t3-/m0/s1. The highest BCUT2D eigenvalue weighted by Gasteiger charge is 2.28. The van der Waals surface area contributed by atoms with Gasteiger partial charge in [0.05, 0.1) is 12.5 Å². The van der Waals surface area contributed by atoms with Gasteiger partial charge in [0.2, 0.25) is 0 Å². The molecule has 0 aromatic rings. The Morgan fingerprint density at radius 1 is 1.67 bits per heavy atom. The molecule has 0 radical (unpaired) electrons. The zero-order chi connectivity index (χ0) is 6.91. The minimum absolute atomic E-state index is 0.0336. The Morgan fingerprint density at radius 2 is 2.33 bits per heavy atom. The third kappa shape index (κ3) is 1.79. The molecule has 0 aromatic heterocycles. The first-order valence-electron chi connectivity index (χ1n) is 2.27. The normalized spacial score (nSPS) is 32.8. The smallest absolute Gasteiger partial charge is 0.245 e. The molecule has 1 rings (SSSR count). The highest BCUT2D eigenvalue weighted by atomic mass is 35.5. The van der Waals surface area contributed by atoms with Gasteiger partial charge < -0.3 is 0 Å². The summed E-state index contributed by atoms with van der Waals surface area (Å²) in [5.41, 5.74) is 0. The van der Waals surface area contributed by atoms with Crippen LogP contribution in [0.5, 0.6) is 0 Å². The fourth-order valence-electron chi connectivity index (χ4n) is 0.452. The predicted octanol–water partition coefficient (Wildman–Crippen LogP) is -0.115. The Labute approximate surface area is 58.0 Å². The van der Waals surface area contributed by atoms with Crippen molar-refractivity contribution in [1.82, 2.24) is 0 Å². The molecule has 0 aromatic carbocycles. The summed E-state index contributed by atoms with van der Waals surface area (Å²) in [6.07, 6.45) is -0.503. The topological polar surface area (TPSA) is 52.6 Å². The van der Waals surface area contributed by atoms with E-state index >= 15 is 0 Å². The molecule has 0 aliphatic carbocycles. The van der Waals surface area contributed by atoms with Gasteiger partial charge in [0, 0.05) is 0 Å². The Bertz CT molecular complexity index is 186. The molecule has 0 saturated carbocycles. The molecule has 6 heteroatoms. The molecule has 1 atom stereocenters. The van der Waals surface area contributed by atoms with E-state index in [1.54, 1.807) is 0 Å². The number of halogens is 1. The highest BCUT2D eigenvalue weighted by molar-refractivity contribution is 7.82. The van der Waals surface area contributed by atoms with Crippen molar-refractivity contribution in [2.45, 2.75) is 6.10 Å². The number of rotatable bonds is 1. The van der Waals surface area contributed by atoms with E-state index in [1.165, 1.54) is 0 Å². The van der Waals surface area contributed by atoms with Crippen LogP contribution in [0.2, 0.25) is 0 Å². The largest absolute Gasteiger partial charge is 0.400 e. The van der Waals surface area contributed by atoms with Crippen LogP contribution in [0.25, 0.3) is 0 Å². The molecule has 0 N–H and O–H groups in total. The van der Waals surface area contributed by atoms with E-state index in [1.807, 2.05) is 0 Å². The van der Waals surface area contributed by atoms with Crippen LogP contribution >= 0.6 is 11.6 Å². The molecule has 0 spiro atoms. The molecule has 4 nitrogen and oxygen atoms in total. The average Bonchev–Trinajstić information content (AvgIpc) is 2.10. The van der Waals surface area contributed by atoms with Crippen LogP contribution in [0.4, 0.5) is 0 Å². The second-order valence-corrected chi connectivity index (χ2v) is 3.12. The summed E-state index contributed by atoms with van der Waals surface area (Å²) in [6.45, 7) is 0.0336. The summed E-state index contributed by atoms with van der Waals surface area (Å²) in [5, 5.41) is 0. The van der Waals surface area contributed by atoms with Crippen LogP contribution in [-0.4, -0.2) is 27.0 Å². The first-order chi connectivity index (χ1) is 4.14. The molecule has 1 aliphatic heterocycles. The first-order valence-corrected chi connectivity index (χ1v) is 4.14. The Hall–Kier alpha value is 0.160. The van der Waals surface area contributed by atoms with E-state index in [2.05, 4.69) is 8.37 Å². The lowest BCUT2D eigenvalue weighted by atomic mass is 10.5. The third-order valence-corrected chi connectivity index (χ3v) is 2.10. The van der Waals surface area contributed by atoms with Gasteiger partial charge in [0.15, 0.2) is 0 Å². The first kappa shape index (κ1) is 7.27. The van der Waals surface area contributed by atoms with Crippen molar-refractivity contribution in [2.75, 3.05) is 12.5 Å². The third-order valence-electron chi connectivity index (χ3n) is 0.824. The Morgan fingerprint density at radius 3 is 2.56 bits per heavy atom. The monoisotopic (exact) mass is 172 g/mol. The lowest BCUT2D eigenvalue weighted by molar-refractivity contribution is 0.261. The summed E-state index contributed by atoms with van der Waals surface area (Å²) in [4.78, 5) is 0. The molecule has 1 aliphatic rings. The maximum absolute atomic E-state index is 10.3. The van der Waals surface area contributed by atoms with Crippen molar-refractivity contribution in [2.24, 2.45) is 0 Å². The van der Waals surface area contributed by atoms with Crippen molar-refractivity contribution >= 4 is 22.0 Å². The van der Waals surface area contributed by atoms with E-state index in [0.29, 0.717) is 0 Å². The second-order valence-electron chi connectivity index (χ2n) is 1.57. The zero-order valence-corrected chi connectivity index (χ0v) is 5.98. The molecule has 0 unspecified atom stereocenters. The van der Waals surface area contributed by atoms with Gasteiger partial charge in [-0.05, 0) is 0 Å². The van der Waals surface area contributed by atoms with Crippen LogP contribution in [0.1, 0.15) is 0 Å². The molecule has 1 fully saturated rings. The van der Waals surface area contributed by atoms with Gasteiger partial charge in [-0.1, -0.05) is 0 Å². The molecular weight excluding hydrogens is 168 g/mol. The quantitative estimate of drug-likeness (QED) is 0.518. The zero-order valence-electron chi connectivity index (χ0n) is 4.41. The predicted molar refractivity (Wildman–Crippen MR) is 30.5 cm³/mol. The van der Waals surface area contributed by atoms with Crippen molar-refractivity contribution in [3.63, 3.8) is 0 Å². The van der Waals surface area contributed by atoms with Crippen LogP contribution in [-0.2, 0) is 18.8 Å². The van der Waals surface area contributed by atoms with Crippen LogP contribution in [0.15, 0.2) is 0 Å². The Balaban J connectivity index is 2.58. The van der Waals surface area contributed by atoms with Gasteiger partial charge in [-0.25, -0.2) is 8.37 Å². The lowest BCUT2D eigenvalue weighted by Gasteiger charge is -1.94. The fraction of sp³-hybridized carbons (Fsp3) is 1.00. The molecule has 0 amide bonds. The van der Waals surface area contributed by atoms with Gasteiger partial charge in [-0.15, -0.1) is 11.6 Å². The summed E-state index contributed by atoms with van der Waals surface area (Å²) in [5.74, 6) is 0.138. The number of hydrogen-bond donors (Lipinski definition) is 0. The van der Waals surface area contributed by atoms with E-state index in [4.69, 9.17) is 11.6 Å². The molecular formula is C3H5ClO4S. The summed E-state index contributed by atoms with van der Waals surface area (Å²) >= 11 is 5.27. The Kier molecular flexibility index (Phi) is 1.95. The lowest BCUT2D eigenvalue weighted by Crippen LogP contribution is -2.10. The summed E-state index contributed by atoms with van der Waals surface area (Å²) < 4.78 is 29.1. The van der Waals surface area contributed by atoms with E-state index < -0.39 is 16.5 Å². The van der Waals surface area contributed by atoms with Crippen molar-refractivity contribution < 1.29 is 16.8 Å². The van der Waals surface area contributed by atoms with E-state index in [0.717, 1.165) is 0 Å². The van der Waals surface area contributed by atoms with Gasteiger partial charge in [-0.3, -0.25) is 0 Å². The van der Waals surface area contributed by atoms with Crippen LogP contribution in [0, 0.1) is 0 Å². The van der Waals surface area contributed by atoms with Crippen LogP contribution < -0.4 is 0 Å². The van der Waals surface area contributed by atoms with Crippen molar-refractivity contribution in [3.8, 4) is 0 Å². The maximum Gasteiger partial charge on any atom is 0.400 e. The van der Waals surface area contributed by atoms with Crippen molar-refractivity contribution in [3.05, 3.63) is 0 Å². The number of alkyl halides is 1. The average molecular weight is 173 g/mol. The molecule has 1 saturated heterocycles. The van der Waals surface area contributed by atoms with Gasteiger partial charge in [0.1, 0.15) is 6.10 Å². The fourth-order valence-corrected chi connectivity index (χ4v) is 1.51. The SMILES string of the molecule is O=S1(=O)OC[C@H](CCl)O1. The van der Waals surface area contributed by atoms with E-state index in [-0.39, 0.29) is 12.5 Å². The summed E-state index contributed by atoms with van der Waals surface area (Å²) in [7, 11) is -3.69. The minimum Gasteiger partial charge on any atom is -0.245 e. The maximum atomic E-state index is 10.3. The van der Waals surface area contributed by atoms with Crippen LogP contribution in [0.3, 0.4) is 0 Å².